The molecule has 0 aliphatic carbocycles. The van der Waals surface area contributed by atoms with E-state index in [4.69, 9.17) is 18.9 Å². The van der Waals surface area contributed by atoms with Crippen LogP contribution in [0.1, 0.15) is 17.2 Å². The van der Waals surface area contributed by atoms with Crippen molar-refractivity contribution < 1.29 is 28.1 Å². The Hall–Kier alpha value is -3.74. The Kier molecular flexibility index (Phi) is 4.86. The fourth-order valence-electron chi connectivity index (χ4n) is 3.85. The Morgan fingerprint density at radius 2 is 1.68 bits per heavy atom. The van der Waals surface area contributed by atoms with Crippen LogP contribution >= 0.6 is 0 Å². The minimum Gasteiger partial charge on any atom is -0.497 e. The van der Waals surface area contributed by atoms with Crippen molar-refractivity contribution >= 4 is 5.91 Å². The van der Waals surface area contributed by atoms with E-state index in [1.807, 2.05) is 18.2 Å². The Balaban J connectivity index is 1.43. The van der Waals surface area contributed by atoms with Crippen molar-refractivity contribution in [3.05, 3.63) is 83.7 Å². The average molecular weight is 421 g/mol. The predicted octanol–water partition coefficient (Wildman–Crippen LogP) is 4.09. The molecule has 1 amide bonds. The van der Waals surface area contributed by atoms with E-state index in [-0.39, 0.29) is 24.6 Å². The molecule has 2 aliphatic rings. The van der Waals surface area contributed by atoms with Crippen molar-refractivity contribution in [1.29, 1.82) is 0 Å². The molecule has 2 atom stereocenters. The van der Waals surface area contributed by atoms with Gasteiger partial charge in [0.25, 0.3) is 5.91 Å². The highest BCUT2D eigenvalue weighted by molar-refractivity contribution is 5.89. The fourth-order valence-corrected chi connectivity index (χ4v) is 3.85. The van der Waals surface area contributed by atoms with Crippen molar-refractivity contribution in [3.8, 4) is 23.0 Å². The highest BCUT2D eigenvalue weighted by Gasteiger charge is 2.50. The lowest BCUT2D eigenvalue weighted by Gasteiger charge is -2.46. The summed E-state index contributed by atoms with van der Waals surface area (Å²) in [4.78, 5) is 14.7. The second-order valence-corrected chi connectivity index (χ2v) is 7.36. The molecule has 2 unspecified atom stereocenters. The van der Waals surface area contributed by atoms with Crippen LogP contribution in [0.4, 0.5) is 4.39 Å². The molecule has 0 spiro atoms. The van der Waals surface area contributed by atoms with E-state index in [1.54, 1.807) is 48.4 Å². The number of rotatable bonds is 6. The first-order valence-corrected chi connectivity index (χ1v) is 9.87. The van der Waals surface area contributed by atoms with Crippen LogP contribution in [0.25, 0.3) is 0 Å². The molecule has 0 aromatic heterocycles. The Morgan fingerprint density at radius 3 is 2.42 bits per heavy atom. The largest absolute Gasteiger partial charge is 0.497 e. The highest BCUT2D eigenvalue weighted by Crippen LogP contribution is 2.42. The lowest BCUT2D eigenvalue weighted by atomic mass is 9.89. The number of β-lactam (4-membered cyclic amide) rings is 1. The molecule has 0 N–H and O–H groups in total. The number of carbonyl (C=O) groups excluding carboxylic acids is 1. The summed E-state index contributed by atoms with van der Waals surface area (Å²) < 4.78 is 35.4. The summed E-state index contributed by atoms with van der Waals surface area (Å²) in [5.74, 6) is 2.15. The monoisotopic (exact) mass is 421 g/mol. The SMILES string of the molecule is COc1ccc(OC2C(=O)N(Cc3ccc(F)cc3)C2c2ccc3c(c2)OCO3)cc1. The van der Waals surface area contributed by atoms with Gasteiger partial charge in [0.1, 0.15) is 23.4 Å². The second-order valence-electron chi connectivity index (χ2n) is 7.36. The van der Waals surface area contributed by atoms with E-state index in [0.717, 1.165) is 11.1 Å². The quantitative estimate of drug-likeness (QED) is 0.561. The van der Waals surface area contributed by atoms with Gasteiger partial charge in [-0.2, -0.15) is 0 Å². The van der Waals surface area contributed by atoms with Gasteiger partial charge in [-0.1, -0.05) is 18.2 Å². The molecular formula is C24H20FNO5. The Bertz CT molecular complexity index is 1100. The molecule has 2 aliphatic heterocycles. The second kappa shape index (κ2) is 7.83. The van der Waals surface area contributed by atoms with Crippen molar-refractivity contribution in [3.63, 3.8) is 0 Å². The normalized spacial score (nSPS) is 19.2. The van der Waals surface area contributed by atoms with Gasteiger partial charge in [-0.15, -0.1) is 0 Å². The predicted molar refractivity (Wildman–Crippen MR) is 110 cm³/mol. The minimum atomic E-state index is -0.686. The van der Waals surface area contributed by atoms with E-state index in [9.17, 15) is 9.18 Å². The van der Waals surface area contributed by atoms with E-state index >= 15 is 0 Å². The number of carbonyl (C=O) groups is 1. The molecule has 0 saturated carbocycles. The smallest absolute Gasteiger partial charge is 0.267 e. The molecule has 7 heteroatoms. The van der Waals surface area contributed by atoms with Crippen LogP contribution in [0.5, 0.6) is 23.0 Å². The molecule has 3 aromatic carbocycles. The molecule has 1 fully saturated rings. The summed E-state index contributed by atoms with van der Waals surface area (Å²) in [5.41, 5.74) is 1.72. The summed E-state index contributed by atoms with van der Waals surface area (Å²) in [7, 11) is 1.59. The minimum absolute atomic E-state index is 0.136. The summed E-state index contributed by atoms with van der Waals surface area (Å²) >= 11 is 0. The maximum atomic E-state index is 13.3. The highest BCUT2D eigenvalue weighted by atomic mass is 19.1. The average Bonchev–Trinajstić information content (AvgIpc) is 3.27. The molecule has 2 heterocycles. The van der Waals surface area contributed by atoms with Crippen LogP contribution in [-0.2, 0) is 11.3 Å². The van der Waals surface area contributed by atoms with E-state index in [1.165, 1.54) is 12.1 Å². The van der Waals surface area contributed by atoms with Gasteiger partial charge in [0.05, 0.1) is 7.11 Å². The van der Waals surface area contributed by atoms with Crippen LogP contribution in [0.15, 0.2) is 66.7 Å². The van der Waals surface area contributed by atoms with Crippen molar-refractivity contribution in [2.75, 3.05) is 13.9 Å². The maximum absolute atomic E-state index is 13.3. The van der Waals surface area contributed by atoms with Crippen LogP contribution in [0.3, 0.4) is 0 Å². The van der Waals surface area contributed by atoms with Gasteiger partial charge in [-0.25, -0.2) is 4.39 Å². The zero-order valence-electron chi connectivity index (χ0n) is 16.8. The molecule has 31 heavy (non-hydrogen) atoms. The van der Waals surface area contributed by atoms with Gasteiger partial charge in [-0.05, 0) is 59.7 Å². The van der Waals surface area contributed by atoms with E-state index in [2.05, 4.69) is 0 Å². The van der Waals surface area contributed by atoms with Crippen molar-refractivity contribution in [1.82, 2.24) is 4.90 Å². The first kappa shape index (κ1) is 19.2. The molecule has 5 rings (SSSR count). The molecule has 3 aromatic rings. The number of methoxy groups -OCH3 is 1. The van der Waals surface area contributed by atoms with Gasteiger partial charge in [0, 0.05) is 6.54 Å². The van der Waals surface area contributed by atoms with Crippen LogP contribution in [-0.4, -0.2) is 30.8 Å². The Morgan fingerprint density at radius 1 is 0.968 bits per heavy atom. The molecule has 0 radical (unpaired) electrons. The summed E-state index contributed by atoms with van der Waals surface area (Å²) in [6.07, 6.45) is -0.686. The number of fused-ring (bicyclic) bond motifs is 1. The number of ether oxygens (including phenoxy) is 4. The Labute approximate surface area is 178 Å². The first-order valence-electron chi connectivity index (χ1n) is 9.87. The number of nitrogens with zero attached hydrogens (tertiary/aromatic N) is 1. The molecule has 0 bridgehead atoms. The third kappa shape index (κ3) is 3.63. The number of likely N-dealkylation sites (tertiary alicyclic amines) is 1. The standard InChI is InChI=1S/C24H20FNO5/c1-28-18-7-9-19(10-8-18)31-23-22(16-4-11-20-21(12-16)30-14-29-20)26(24(23)27)13-15-2-5-17(25)6-3-15/h2-12,22-23H,13-14H2,1H3. The number of hydrogen-bond donors (Lipinski definition) is 0. The van der Waals surface area contributed by atoms with Gasteiger partial charge >= 0.3 is 0 Å². The topological polar surface area (TPSA) is 57.2 Å². The molecule has 6 nitrogen and oxygen atoms in total. The summed E-state index contributed by atoms with van der Waals surface area (Å²) in [5, 5.41) is 0. The van der Waals surface area contributed by atoms with Gasteiger partial charge in [0.2, 0.25) is 12.9 Å². The summed E-state index contributed by atoms with van der Waals surface area (Å²) in [6.45, 7) is 0.522. The van der Waals surface area contributed by atoms with Crippen molar-refractivity contribution in [2.24, 2.45) is 0 Å². The molecule has 1 saturated heterocycles. The number of hydrogen-bond acceptors (Lipinski definition) is 5. The molecule has 158 valence electrons. The van der Waals surface area contributed by atoms with Gasteiger partial charge < -0.3 is 23.8 Å². The zero-order chi connectivity index (χ0) is 21.4. The third-order valence-electron chi connectivity index (χ3n) is 5.48. The van der Waals surface area contributed by atoms with Crippen LogP contribution in [0, 0.1) is 5.82 Å². The fraction of sp³-hybridized carbons (Fsp3) is 0.208. The number of halogens is 1. The lowest BCUT2D eigenvalue weighted by Crippen LogP contribution is -2.60. The van der Waals surface area contributed by atoms with E-state index in [0.29, 0.717) is 29.5 Å². The van der Waals surface area contributed by atoms with Gasteiger partial charge in [0.15, 0.2) is 11.5 Å². The number of amides is 1. The van der Waals surface area contributed by atoms with Crippen molar-refractivity contribution in [2.45, 2.75) is 18.7 Å². The molecular weight excluding hydrogens is 401 g/mol. The van der Waals surface area contributed by atoms with Gasteiger partial charge in [-0.3, -0.25) is 4.79 Å². The number of benzene rings is 3. The van der Waals surface area contributed by atoms with E-state index < -0.39 is 6.10 Å². The maximum Gasteiger partial charge on any atom is 0.267 e. The third-order valence-corrected chi connectivity index (χ3v) is 5.48. The zero-order valence-corrected chi connectivity index (χ0v) is 16.8. The van der Waals surface area contributed by atoms with Crippen LogP contribution in [0.2, 0.25) is 0 Å². The lowest BCUT2D eigenvalue weighted by molar-refractivity contribution is -0.165. The summed E-state index contributed by atoms with van der Waals surface area (Å²) in [6, 6.07) is 18.5. The van der Waals surface area contributed by atoms with Crippen LogP contribution < -0.4 is 18.9 Å². The first-order chi connectivity index (χ1) is 15.1.